The second-order valence-corrected chi connectivity index (χ2v) is 7.75. The molecule has 4 aromatic rings. The summed E-state index contributed by atoms with van der Waals surface area (Å²) in [5.41, 5.74) is 3.28. The maximum atomic E-state index is 12.7. The number of aromatic amines is 1. The lowest BCUT2D eigenvalue weighted by Crippen LogP contribution is -2.40. The van der Waals surface area contributed by atoms with Gasteiger partial charge in [-0.1, -0.05) is 6.07 Å². The van der Waals surface area contributed by atoms with Crippen molar-refractivity contribution >= 4 is 28.0 Å². The number of aliphatic hydroxyl groups excluding tert-OH is 1. The Labute approximate surface area is 177 Å². The highest BCUT2D eigenvalue weighted by Crippen LogP contribution is 2.28. The zero-order valence-electron chi connectivity index (χ0n) is 16.9. The van der Waals surface area contributed by atoms with Gasteiger partial charge in [-0.05, 0) is 37.6 Å². The molecule has 1 unspecified atom stereocenters. The summed E-state index contributed by atoms with van der Waals surface area (Å²) in [7, 11) is 0. The van der Waals surface area contributed by atoms with Crippen molar-refractivity contribution in [3.05, 3.63) is 59.7 Å². The van der Waals surface area contributed by atoms with Crippen LogP contribution in [0.5, 0.6) is 0 Å². The van der Waals surface area contributed by atoms with Crippen molar-refractivity contribution in [2.75, 3.05) is 18.1 Å². The van der Waals surface area contributed by atoms with Gasteiger partial charge in [-0.2, -0.15) is 5.26 Å². The van der Waals surface area contributed by atoms with E-state index in [9.17, 15) is 9.90 Å². The summed E-state index contributed by atoms with van der Waals surface area (Å²) in [6, 6.07) is 10.6. The number of imidazole rings is 1. The summed E-state index contributed by atoms with van der Waals surface area (Å²) in [5.74, 6) is 0.339. The summed E-state index contributed by atoms with van der Waals surface area (Å²) >= 11 is 0. The number of nitriles is 1. The summed E-state index contributed by atoms with van der Waals surface area (Å²) < 4.78 is 1.96. The standard InChI is InChI=1S/C22H21N7O2/c1-13(30)21-27-18-11-25-20-17(5-7-24-20)19(18)29(21)28-8-6-16(12-28)26-22(31)15-4-2-3-14(9-15)10-23/h2-5,7,9,11,13,16,30H,6,8,12H2,1H3,(H,24,25)(H,26,31)/t13-,16?/m1/s1. The number of hydrogen-bond acceptors (Lipinski definition) is 6. The third kappa shape index (κ3) is 3.27. The number of aliphatic hydroxyl groups is 1. The lowest BCUT2D eigenvalue weighted by molar-refractivity contribution is 0.0940. The molecule has 0 bridgehead atoms. The topological polar surface area (TPSA) is 123 Å². The molecule has 0 spiro atoms. The highest BCUT2D eigenvalue weighted by atomic mass is 16.3. The highest BCUT2D eigenvalue weighted by molar-refractivity contribution is 6.01. The number of hydrogen-bond donors (Lipinski definition) is 3. The zero-order valence-corrected chi connectivity index (χ0v) is 16.9. The first-order valence-corrected chi connectivity index (χ1v) is 10.1. The Morgan fingerprint density at radius 2 is 2.29 bits per heavy atom. The van der Waals surface area contributed by atoms with Gasteiger partial charge >= 0.3 is 0 Å². The first-order chi connectivity index (χ1) is 15.0. The molecule has 31 heavy (non-hydrogen) atoms. The van der Waals surface area contributed by atoms with Gasteiger partial charge < -0.3 is 20.4 Å². The molecule has 1 aliphatic heterocycles. The maximum absolute atomic E-state index is 12.7. The number of H-pyrrole nitrogens is 1. The number of pyridine rings is 1. The van der Waals surface area contributed by atoms with Crippen LogP contribution in [0.1, 0.15) is 41.2 Å². The van der Waals surface area contributed by atoms with Gasteiger partial charge in [0, 0.05) is 29.7 Å². The van der Waals surface area contributed by atoms with E-state index in [1.807, 2.05) is 16.9 Å². The fraction of sp³-hybridized carbons (Fsp3) is 0.273. The van der Waals surface area contributed by atoms with Gasteiger partial charge in [0.25, 0.3) is 5.91 Å². The molecule has 0 radical (unpaired) electrons. The van der Waals surface area contributed by atoms with E-state index in [2.05, 4.69) is 31.3 Å². The van der Waals surface area contributed by atoms with Crippen molar-refractivity contribution in [3.63, 3.8) is 0 Å². The van der Waals surface area contributed by atoms with Crippen LogP contribution in [0, 0.1) is 11.3 Å². The number of fused-ring (bicyclic) bond motifs is 3. The molecule has 0 aliphatic carbocycles. The Morgan fingerprint density at radius 1 is 1.42 bits per heavy atom. The van der Waals surface area contributed by atoms with Crippen LogP contribution in [0.15, 0.2) is 42.7 Å². The van der Waals surface area contributed by atoms with E-state index in [0.29, 0.717) is 35.6 Å². The normalized spacial score (nSPS) is 17.2. The summed E-state index contributed by atoms with van der Waals surface area (Å²) in [5, 5.41) is 25.5. The van der Waals surface area contributed by atoms with Crippen LogP contribution >= 0.6 is 0 Å². The third-order valence-electron chi connectivity index (χ3n) is 5.62. The van der Waals surface area contributed by atoms with Crippen LogP contribution in [-0.4, -0.2) is 49.8 Å². The van der Waals surface area contributed by atoms with Gasteiger partial charge in [0.2, 0.25) is 0 Å². The number of nitrogens with zero attached hydrogens (tertiary/aromatic N) is 5. The lowest BCUT2D eigenvalue weighted by Gasteiger charge is -2.24. The number of benzene rings is 1. The van der Waals surface area contributed by atoms with Crippen molar-refractivity contribution in [3.8, 4) is 6.07 Å². The van der Waals surface area contributed by atoms with E-state index >= 15 is 0 Å². The van der Waals surface area contributed by atoms with E-state index in [4.69, 9.17) is 5.26 Å². The second-order valence-electron chi connectivity index (χ2n) is 7.75. The molecule has 9 heteroatoms. The quantitative estimate of drug-likeness (QED) is 0.468. The monoisotopic (exact) mass is 415 g/mol. The predicted octanol–water partition coefficient (Wildman–Crippen LogP) is 1.98. The molecule has 1 fully saturated rings. The number of aromatic nitrogens is 4. The minimum absolute atomic E-state index is 0.0684. The van der Waals surface area contributed by atoms with E-state index in [1.54, 1.807) is 37.4 Å². The Kier molecular flexibility index (Phi) is 4.56. The van der Waals surface area contributed by atoms with Gasteiger partial charge in [-0.15, -0.1) is 0 Å². The summed E-state index contributed by atoms with van der Waals surface area (Å²) in [4.78, 5) is 24.8. The van der Waals surface area contributed by atoms with Crippen LogP contribution in [0.4, 0.5) is 0 Å². The van der Waals surface area contributed by atoms with Gasteiger partial charge in [0.15, 0.2) is 5.82 Å². The predicted molar refractivity (Wildman–Crippen MR) is 115 cm³/mol. The Balaban J connectivity index is 1.44. The van der Waals surface area contributed by atoms with Crippen LogP contribution in [-0.2, 0) is 0 Å². The third-order valence-corrected chi connectivity index (χ3v) is 5.62. The van der Waals surface area contributed by atoms with Crippen LogP contribution in [0.3, 0.4) is 0 Å². The Morgan fingerprint density at radius 3 is 3.10 bits per heavy atom. The summed E-state index contributed by atoms with van der Waals surface area (Å²) in [6.45, 7) is 2.96. The number of nitrogens with one attached hydrogen (secondary N) is 2. The van der Waals surface area contributed by atoms with Crippen molar-refractivity contribution in [2.24, 2.45) is 0 Å². The molecule has 1 aliphatic rings. The molecule has 3 aromatic heterocycles. The minimum atomic E-state index is -0.760. The molecule has 156 valence electrons. The Hall–Kier alpha value is -3.90. The molecular weight excluding hydrogens is 394 g/mol. The van der Waals surface area contributed by atoms with Crippen LogP contribution in [0.25, 0.3) is 22.1 Å². The molecule has 2 atom stereocenters. The van der Waals surface area contributed by atoms with Crippen molar-refractivity contribution in [1.29, 1.82) is 5.26 Å². The van der Waals surface area contributed by atoms with Crippen molar-refractivity contribution in [1.82, 2.24) is 24.9 Å². The fourth-order valence-electron chi connectivity index (χ4n) is 4.17. The molecule has 9 nitrogen and oxygen atoms in total. The number of carbonyl (C=O) groups is 1. The molecule has 1 aromatic carbocycles. The van der Waals surface area contributed by atoms with E-state index in [0.717, 1.165) is 23.0 Å². The van der Waals surface area contributed by atoms with Crippen molar-refractivity contribution in [2.45, 2.75) is 25.5 Å². The molecule has 5 rings (SSSR count). The molecule has 1 amide bonds. The van der Waals surface area contributed by atoms with Gasteiger partial charge in [-0.3, -0.25) is 4.79 Å². The molecule has 4 heterocycles. The van der Waals surface area contributed by atoms with Gasteiger partial charge in [-0.25, -0.2) is 14.6 Å². The first kappa shape index (κ1) is 19.1. The van der Waals surface area contributed by atoms with E-state index < -0.39 is 6.10 Å². The minimum Gasteiger partial charge on any atom is -0.385 e. The maximum Gasteiger partial charge on any atom is 0.251 e. The fourth-order valence-corrected chi connectivity index (χ4v) is 4.17. The molecule has 3 N–H and O–H groups in total. The number of carbonyl (C=O) groups excluding carboxylic acids is 1. The van der Waals surface area contributed by atoms with E-state index in [-0.39, 0.29) is 11.9 Å². The summed E-state index contributed by atoms with van der Waals surface area (Å²) in [6.07, 6.45) is 3.53. The lowest BCUT2D eigenvalue weighted by atomic mass is 10.1. The smallest absolute Gasteiger partial charge is 0.251 e. The van der Waals surface area contributed by atoms with E-state index in [1.165, 1.54) is 0 Å². The van der Waals surface area contributed by atoms with Gasteiger partial charge in [0.05, 0.1) is 24.4 Å². The number of rotatable bonds is 4. The second kappa shape index (κ2) is 7.41. The van der Waals surface area contributed by atoms with Gasteiger partial charge in [0.1, 0.15) is 22.8 Å². The van der Waals surface area contributed by atoms with Crippen LogP contribution in [0.2, 0.25) is 0 Å². The highest BCUT2D eigenvalue weighted by Gasteiger charge is 2.29. The zero-order chi connectivity index (χ0) is 21.5. The molecule has 0 saturated carbocycles. The molecule has 1 saturated heterocycles. The molecular formula is C22H21N7O2. The largest absolute Gasteiger partial charge is 0.385 e. The SMILES string of the molecule is C[C@@H](O)c1nc2cnc3[nH]ccc3c2n1N1CCC(NC(=O)c2cccc(C#N)c2)C1. The average Bonchev–Trinajstić information content (AvgIpc) is 3.50. The number of amides is 1. The van der Waals surface area contributed by atoms with Crippen LogP contribution < -0.4 is 10.3 Å². The first-order valence-electron chi connectivity index (χ1n) is 10.1. The Bertz CT molecular complexity index is 1330. The van der Waals surface area contributed by atoms with Crippen molar-refractivity contribution < 1.29 is 9.90 Å². The average molecular weight is 415 g/mol.